The number of halogens is 6. The number of amides is 2. The fourth-order valence-electron chi connectivity index (χ4n) is 9.97. The summed E-state index contributed by atoms with van der Waals surface area (Å²) in [5, 5.41) is 36.3. The third-order valence-electron chi connectivity index (χ3n) is 14.8. The molecule has 6 heterocycles. The molecule has 24 heteroatoms. The van der Waals surface area contributed by atoms with Crippen LogP contribution in [-0.4, -0.2) is 88.5 Å². The van der Waals surface area contributed by atoms with Crippen LogP contribution in [0.2, 0.25) is 0 Å². The maximum absolute atomic E-state index is 14.5. The second-order valence-corrected chi connectivity index (χ2v) is 26.9. The lowest BCUT2D eigenvalue weighted by atomic mass is 9.85. The second kappa shape index (κ2) is 26.0. The number of fused-ring (bicyclic) bond motifs is 10. The molecule has 88 heavy (non-hydrogen) atoms. The molecular formula is C64H82F6N8O10. The molecule has 0 spiro atoms. The van der Waals surface area contributed by atoms with Gasteiger partial charge < -0.3 is 43.7 Å². The van der Waals surface area contributed by atoms with Gasteiger partial charge in [-0.15, -0.1) is 20.4 Å². The van der Waals surface area contributed by atoms with Crippen LogP contribution >= 0.6 is 0 Å². The molecule has 0 radical (unpaired) electrons. The summed E-state index contributed by atoms with van der Waals surface area (Å²) in [6, 6.07) is 19.4. The highest BCUT2D eigenvalue weighted by molar-refractivity contribution is 6.11. The van der Waals surface area contributed by atoms with E-state index in [2.05, 4.69) is 96.2 Å². The number of anilines is 2. The molecule has 2 amide bonds. The molecule has 8 bridgehead atoms. The third kappa shape index (κ3) is 16.7. The zero-order valence-corrected chi connectivity index (χ0v) is 52.5. The van der Waals surface area contributed by atoms with E-state index in [-0.39, 0.29) is 64.3 Å². The maximum Gasteiger partial charge on any atom is 0.426 e. The summed E-state index contributed by atoms with van der Waals surface area (Å²) < 4.78 is 120. The first-order valence-electron chi connectivity index (χ1n) is 29.5. The fourth-order valence-corrected chi connectivity index (χ4v) is 9.97. The summed E-state index contributed by atoms with van der Waals surface area (Å²) >= 11 is 0. The number of carbonyl (C=O) groups excluding carboxylic acids is 2. The predicted molar refractivity (Wildman–Crippen MR) is 316 cm³/mol. The largest absolute Gasteiger partial charge is 0.474 e. The average molecular weight is 1240 g/mol. The molecule has 8 rings (SSSR count). The number of carbonyl (C=O) groups is 2. The highest BCUT2D eigenvalue weighted by Crippen LogP contribution is 2.46. The number of hydrogen-bond acceptors (Lipinski definition) is 17. The number of alkyl halides is 6. The number of aliphatic hydroxyl groups is 2. The highest BCUT2D eigenvalue weighted by atomic mass is 19.4. The van der Waals surface area contributed by atoms with Gasteiger partial charge in [-0.05, 0) is 152 Å². The van der Waals surface area contributed by atoms with Crippen LogP contribution in [-0.2, 0) is 44.3 Å². The summed E-state index contributed by atoms with van der Waals surface area (Å²) in [4.78, 5) is 37.0. The number of rotatable bonds is 5. The van der Waals surface area contributed by atoms with E-state index >= 15 is 0 Å². The Labute approximate surface area is 509 Å². The fraction of sp³-hybridized carbons (Fsp3) is 0.562. The van der Waals surface area contributed by atoms with Crippen LogP contribution in [0.3, 0.4) is 0 Å². The Morgan fingerprint density at radius 1 is 0.580 bits per heavy atom. The Kier molecular flexibility index (Phi) is 20.1. The monoisotopic (exact) mass is 1240 g/mol. The van der Waals surface area contributed by atoms with E-state index < -0.39 is 83.6 Å². The number of nitrogen functional groups attached to an aromatic ring is 1. The van der Waals surface area contributed by atoms with E-state index in [9.17, 15) is 46.1 Å². The number of pyridine rings is 2. The van der Waals surface area contributed by atoms with E-state index in [0.29, 0.717) is 73.3 Å². The number of nitrogens with zero attached hydrogens (tertiary/aromatic N) is 7. The highest BCUT2D eigenvalue weighted by Gasteiger charge is 2.60. The summed E-state index contributed by atoms with van der Waals surface area (Å²) in [6.45, 7) is 25.8. The van der Waals surface area contributed by atoms with E-state index in [1.807, 2.05) is 24.3 Å². The van der Waals surface area contributed by atoms with Crippen LogP contribution in [0.4, 0.5) is 47.3 Å². The van der Waals surface area contributed by atoms with Gasteiger partial charge in [0.1, 0.15) is 23.4 Å². The van der Waals surface area contributed by atoms with Crippen LogP contribution in [0.1, 0.15) is 192 Å². The smallest absolute Gasteiger partial charge is 0.426 e. The van der Waals surface area contributed by atoms with Crippen molar-refractivity contribution < 1.29 is 73.9 Å². The van der Waals surface area contributed by atoms with Gasteiger partial charge in [0.15, 0.2) is 11.4 Å². The van der Waals surface area contributed by atoms with Crippen molar-refractivity contribution >= 4 is 23.6 Å². The molecule has 2 aromatic carbocycles. The van der Waals surface area contributed by atoms with Crippen LogP contribution in [0, 0.1) is 13.8 Å². The van der Waals surface area contributed by atoms with Crippen molar-refractivity contribution in [3.8, 4) is 34.9 Å². The summed E-state index contributed by atoms with van der Waals surface area (Å²) in [5.41, 5.74) is 2.18. The number of ether oxygens (including phenoxy) is 4. The molecule has 0 aliphatic carbocycles. The summed E-state index contributed by atoms with van der Waals surface area (Å²) in [6.07, 6.45) is -10.4. The van der Waals surface area contributed by atoms with Gasteiger partial charge in [0, 0.05) is 24.0 Å². The van der Waals surface area contributed by atoms with E-state index in [1.165, 1.54) is 11.6 Å². The van der Waals surface area contributed by atoms with Gasteiger partial charge in [-0.1, -0.05) is 103 Å². The first-order valence-corrected chi connectivity index (χ1v) is 29.5. The van der Waals surface area contributed by atoms with Crippen LogP contribution in [0.15, 0.2) is 69.5 Å². The van der Waals surface area contributed by atoms with E-state index in [0.717, 1.165) is 16.7 Å². The number of nitrogens with two attached hydrogens (primary N) is 1. The van der Waals surface area contributed by atoms with Crippen molar-refractivity contribution in [2.45, 2.75) is 232 Å². The Bertz CT molecular complexity index is 3380. The quantitative estimate of drug-likeness (QED) is 0.136. The Morgan fingerprint density at radius 2 is 0.977 bits per heavy atom. The topological polar surface area (TPSA) is 244 Å². The van der Waals surface area contributed by atoms with Crippen molar-refractivity contribution in [1.29, 1.82) is 0 Å². The first kappa shape index (κ1) is 68.2. The maximum atomic E-state index is 14.5. The van der Waals surface area contributed by atoms with Gasteiger partial charge in [-0.2, -0.15) is 31.2 Å². The van der Waals surface area contributed by atoms with Crippen molar-refractivity contribution in [3.05, 3.63) is 106 Å². The van der Waals surface area contributed by atoms with Gasteiger partial charge in [0.05, 0.1) is 11.4 Å². The Morgan fingerprint density at radius 3 is 1.38 bits per heavy atom. The molecule has 2 unspecified atom stereocenters. The Hall–Kier alpha value is -7.34. The average Bonchev–Trinajstić information content (AvgIpc) is 2.56. The van der Waals surface area contributed by atoms with E-state index in [1.54, 1.807) is 61.5 Å². The first-order chi connectivity index (χ1) is 40.7. The molecule has 2 aliphatic heterocycles. The molecule has 0 saturated carbocycles. The summed E-state index contributed by atoms with van der Waals surface area (Å²) in [7, 11) is 0. The molecule has 4 N–H and O–H groups in total. The molecular weight excluding hydrogens is 1150 g/mol. The Balaban J connectivity index is 0.000000264. The van der Waals surface area contributed by atoms with Crippen molar-refractivity contribution in [1.82, 2.24) is 30.4 Å². The van der Waals surface area contributed by atoms with E-state index in [4.69, 9.17) is 33.5 Å². The minimum Gasteiger partial charge on any atom is -0.474 e. The number of aryl methyl sites for hydroxylation is 2. The number of benzene rings is 2. The second-order valence-electron chi connectivity index (χ2n) is 26.9. The normalized spacial score (nSPS) is 20.0. The van der Waals surface area contributed by atoms with Gasteiger partial charge in [0.25, 0.3) is 23.6 Å². The van der Waals surface area contributed by atoms with Gasteiger partial charge in [-0.3, -0.25) is 0 Å². The van der Waals surface area contributed by atoms with Gasteiger partial charge in [-0.25, -0.2) is 19.6 Å². The van der Waals surface area contributed by atoms with Gasteiger partial charge in [0.2, 0.25) is 23.0 Å². The molecule has 6 aromatic rings. The molecule has 480 valence electrons. The molecule has 0 fully saturated rings. The lowest BCUT2D eigenvalue weighted by Gasteiger charge is -2.30. The minimum atomic E-state index is -5.16. The summed E-state index contributed by atoms with van der Waals surface area (Å²) in [5.74, 6) is -2.57. The predicted octanol–water partition coefficient (Wildman–Crippen LogP) is 15.1. The lowest BCUT2D eigenvalue weighted by molar-refractivity contribution is -0.277. The van der Waals surface area contributed by atoms with Crippen molar-refractivity contribution in [3.63, 3.8) is 0 Å². The lowest BCUT2D eigenvalue weighted by Crippen LogP contribution is -2.44. The molecule has 0 saturated heterocycles. The van der Waals surface area contributed by atoms with Gasteiger partial charge >= 0.3 is 24.5 Å². The molecule has 2 aliphatic rings. The molecule has 4 atom stereocenters. The van der Waals surface area contributed by atoms with Crippen LogP contribution in [0.5, 0.6) is 11.8 Å². The standard InChI is InChI=1S/C37H49F3N4O7.C27H33F3N4O3/c1-22-19-26(44(31(45)50-34(5,6)7)32(46)51-35(8,9)10)27-29-42-43-30(49-29)36(47,37(38,39)40)18-13-11-12-17-25(48-28(22)41-27)21-23-15-14-16-24(20-23)33(2,3)4;1-16-13-20(31)21-23-33-34-24(37-23)26(35,27(28,29)30)12-7-5-6-11-19(36-22(16)32-21)15-17-9-8-10-18(14-17)25(2,3)4/h14-16,19-20,25,47H,11-13,17-18,21H2,1-10H3;8-10,13-14,19,35H,5-7,11-12,15,31H2,1-4H3/t25?,36-;19?,26-/m11/s1. The van der Waals surface area contributed by atoms with Crippen molar-refractivity contribution in [2.24, 2.45) is 0 Å². The molecule has 4 aromatic heterocycles. The number of hydrogen-bond donors (Lipinski definition) is 3. The third-order valence-corrected chi connectivity index (χ3v) is 14.8. The van der Waals surface area contributed by atoms with Crippen LogP contribution in [0.25, 0.3) is 23.2 Å². The minimum absolute atomic E-state index is 0.00115. The van der Waals surface area contributed by atoms with Crippen LogP contribution < -0.4 is 20.1 Å². The zero-order valence-electron chi connectivity index (χ0n) is 52.5. The SMILES string of the molecule is Cc1cc(N(C(=O)OC(C)(C)C)C(=O)OC(C)(C)C)c2nc1OC(Cc1cccc(C(C)(C)C)c1)CCCCC[C@](O)(C(F)(F)F)c1nnc-2o1.Cc1cc(N)c2nc1OC(Cc1cccc(C(C)(C)C)c1)CCCCC[C@](O)(C(F)(F)F)c1nnc-2o1. The number of aromatic nitrogens is 6. The zero-order chi connectivity index (χ0) is 65.2. The molecule has 18 nitrogen and oxygen atoms in total. The van der Waals surface area contributed by atoms with Crippen molar-refractivity contribution in [2.75, 3.05) is 10.6 Å². The number of imide groups is 1.